The highest BCUT2D eigenvalue weighted by atomic mass is 32.2. The summed E-state index contributed by atoms with van der Waals surface area (Å²) in [6.07, 6.45) is 0. The van der Waals surface area contributed by atoms with Gasteiger partial charge in [0, 0.05) is 6.54 Å². The summed E-state index contributed by atoms with van der Waals surface area (Å²) in [5, 5.41) is 15.7. The van der Waals surface area contributed by atoms with Crippen molar-refractivity contribution in [1.82, 2.24) is 4.31 Å². The first-order valence-corrected chi connectivity index (χ1v) is 5.26. The van der Waals surface area contributed by atoms with Gasteiger partial charge in [0.2, 0.25) is 10.0 Å². The molecule has 0 rings (SSSR count). The molecule has 0 fully saturated rings. The zero-order valence-electron chi connectivity index (χ0n) is 7.56. The summed E-state index contributed by atoms with van der Waals surface area (Å²) in [5.74, 6) is 0. The molecule has 72 valence electrons. The fourth-order valence-corrected chi connectivity index (χ4v) is 1.93. The molecule has 0 radical (unpaired) electrons. The lowest BCUT2D eigenvalue weighted by molar-refractivity contribution is 0.459. The standard InChI is InChI=1S/C7H11N3O2S/c1-3-10(5-4-8)13(11,12)7(2)6-9/h7H,3,5H2,1-2H3. The number of hydrogen-bond acceptors (Lipinski definition) is 4. The average molecular weight is 201 g/mol. The van der Waals surface area contributed by atoms with Crippen molar-refractivity contribution < 1.29 is 8.42 Å². The van der Waals surface area contributed by atoms with Crippen LogP contribution in [0.4, 0.5) is 0 Å². The molecule has 1 unspecified atom stereocenters. The Kier molecular flexibility index (Phi) is 4.39. The second-order valence-electron chi connectivity index (χ2n) is 2.40. The van der Waals surface area contributed by atoms with Crippen LogP contribution in [0.2, 0.25) is 0 Å². The second kappa shape index (κ2) is 4.80. The van der Waals surface area contributed by atoms with Gasteiger partial charge >= 0.3 is 0 Å². The van der Waals surface area contributed by atoms with Crippen LogP contribution >= 0.6 is 0 Å². The number of rotatable bonds is 4. The zero-order chi connectivity index (χ0) is 10.5. The molecule has 0 aromatic carbocycles. The summed E-state index contributed by atoms with van der Waals surface area (Å²) < 4.78 is 23.9. The van der Waals surface area contributed by atoms with E-state index in [1.165, 1.54) is 6.92 Å². The Hall–Kier alpha value is -1.11. The van der Waals surface area contributed by atoms with Gasteiger partial charge in [-0.25, -0.2) is 8.42 Å². The normalized spacial score (nSPS) is 13.3. The number of nitrogens with zero attached hydrogens (tertiary/aromatic N) is 3. The van der Waals surface area contributed by atoms with Gasteiger partial charge in [0.15, 0.2) is 5.25 Å². The van der Waals surface area contributed by atoms with Gasteiger partial charge in [0.05, 0.1) is 12.1 Å². The molecule has 0 saturated carbocycles. The minimum atomic E-state index is -3.61. The van der Waals surface area contributed by atoms with Crippen molar-refractivity contribution in [3.63, 3.8) is 0 Å². The molecule has 6 heteroatoms. The maximum absolute atomic E-state index is 11.4. The Bertz CT molecular complexity index is 336. The second-order valence-corrected chi connectivity index (χ2v) is 4.65. The summed E-state index contributed by atoms with van der Waals surface area (Å²) in [6.45, 7) is 2.93. The third-order valence-electron chi connectivity index (χ3n) is 1.59. The maximum atomic E-state index is 11.4. The van der Waals surface area contributed by atoms with Crippen molar-refractivity contribution in [1.29, 1.82) is 10.5 Å². The molecule has 0 bridgehead atoms. The molecule has 0 spiro atoms. The molecule has 0 aliphatic heterocycles. The molecule has 0 saturated heterocycles. The lowest BCUT2D eigenvalue weighted by Gasteiger charge is -2.17. The largest absolute Gasteiger partial charge is 0.231 e. The van der Waals surface area contributed by atoms with Crippen LogP contribution in [-0.4, -0.2) is 31.1 Å². The minimum Gasteiger partial charge on any atom is -0.211 e. The van der Waals surface area contributed by atoms with Crippen molar-refractivity contribution in [2.45, 2.75) is 19.1 Å². The highest BCUT2D eigenvalue weighted by Gasteiger charge is 2.26. The topological polar surface area (TPSA) is 85.0 Å². The van der Waals surface area contributed by atoms with Gasteiger partial charge in [0.1, 0.15) is 6.54 Å². The number of hydrogen-bond donors (Lipinski definition) is 0. The summed E-state index contributed by atoms with van der Waals surface area (Å²) in [7, 11) is -3.61. The van der Waals surface area contributed by atoms with Crippen LogP contribution in [-0.2, 0) is 10.0 Å². The Labute approximate surface area is 78.2 Å². The van der Waals surface area contributed by atoms with Crippen LogP contribution in [0.25, 0.3) is 0 Å². The fraction of sp³-hybridized carbons (Fsp3) is 0.714. The third-order valence-corrected chi connectivity index (χ3v) is 3.69. The summed E-state index contributed by atoms with van der Waals surface area (Å²) >= 11 is 0. The van der Waals surface area contributed by atoms with E-state index in [9.17, 15) is 8.42 Å². The monoisotopic (exact) mass is 201 g/mol. The van der Waals surface area contributed by atoms with Crippen LogP contribution in [0.3, 0.4) is 0 Å². The van der Waals surface area contributed by atoms with Gasteiger partial charge in [-0.2, -0.15) is 14.8 Å². The van der Waals surface area contributed by atoms with E-state index < -0.39 is 15.3 Å². The van der Waals surface area contributed by atoms with Crippen molar-refractivity contribution in [3.8, 4) is 12.1 Å². The van der Waals surface area contributed by atoms with Gasteiger partial charge in [-0.3, -0.25) is 0 Å². The first-order valence-electron chi connectivity index (χ1n) is 3.76. The van der Waals surface area contributed by atoms with Crippen molar-refractivity contribution in [2.75, 3.05) is 13.1 Å². The predicted molar refractivity (Wildman–Crippen MR) is 46.9 cm³/mol. The fourth-order valence-electron chi connectivity index (χ4n) is 0.751. The van der Waals surface area contributed by atoms with Crippen molar-refractivity contribution in [3.05, 3.63) is 0 Å². The van der Waals surface area contributed by atoms with Gasteiger partial charge in [-0.1, -0.05) is 6.92 Å². The third kappa shape index (κ3) is 2.69. The summed E-state index contributed by atoms with van der Waals surface area (Å²) in [5.41, 5.74) is 0. The Balaban J connectivity index is 4.83. The van der Waals surface area contributed by atoms with E-state index in [1.54, 1.807) is 19.1 Å². The number of nitriles is 2. The Morgan fingerprint density at radius 1 is 1.46 bits per heavy atom. The zero-order valence-corrected chi connectivity index (χ0v) is 8.37. The molecule has 0 aromatic heterocycles. The average Bonchev–Trinajstić information content (AvgIpc) is 2.12. The quantitative estimate of drug-likeness (QED) is 0.602. The van der Waals surface area contributed by atoms with E-state index in [2.05, 4.69) is 0 Å². The first kappa shape index (κ1) is 11.9. The molecule has 0 aliphatic rings. The van der Waals surface area contributed by atoms with Crippen LogP contribution in [0.1, 0.15) is 13.8 Å². The molecular formula is C7H11N3O2S. The predicted octanol–water partition coefficient (Wildman–Crippen LogP) is 0.0738. The van der Waals surface area contributed by atoms with E-state index in [1.807, 2.05) is 0 Å². The van der Waals surface area contributed by atoms with Gasteiger partial charge in [0.25, 0.3) is 0 Å². The molecule has 5 nitrogen and oxygen atoms in total. The minimum absolute atomic E-state index is 0.204. The molecule has 1 atom stereocenters. The van der Waals surface area contributed by atoms with Gasteiger partial charge < -0.3 is 0 Å². The lowest BCUT2D eigenvalue weighted by Crippen LogP contribution is -2.37. The molecule has 13 heavy (non-hydrogen) atoms. The van der Waals surface area contributed by atoms with E-state index in [0.29, 0.717) is 0 Å². The lowest BCUT2D eigenvalue weighted by atomic mass is 10.5. The van der Waals surface area contributed by atoms with Crippen LogP contribution in [0.15, 0.2) is 0 Å². The Morgan fingerprint density at radius 2 is 2.00 bits per heavy atom. The molecule has 0 aliphatic carbocycles. The number of sulfonamides is 1. The summed E-state index contributed by atoms with van der Waals surface area (Å²) in [6, 6.07) is 3.38. The molecule has 0 amide bonds. The van der Waals surface area contributed by atoms with E-state index in [0.717, 1.165) is 4.31 Å². The SMILES string of the molecule is CCN(CC#N)S(=O)(=O)C(C)C#N. The highest BCUT2D eigenvalue weighted by Crippen LogP contribution is 2.06. The first-order chi connectivity index (χ1) is 6.00. The van der Waals surface area contributed by atoms with Gasteiger partial charge in [-0.15, -0.1) is 0 Å². The van der Waals surface area contributed by atoms with E-state index >= 15 is 0 Å². The van der Waals surface area contributed by atoms with E-state index in [4.69, 9.17) is 10.5 Å². The molecule has 0 N–H and O–H groups in total. The van der Waals surface area contributed by atoms with Crippen LogP contribution < -0.4 is 0 Å². The van der Waals surface area contributed by atoms with Crippen molar-refractivity contribution >= 4 is 10.0 Å². The smallest absolute Gasteiger partial charge is 0.211 e. The van der Waals surface area contributed by atoms with Crippen molar-refractivity contribution in [2.24, 2.45) is 0 Å². The summed E-state index contributed by atoms with van der Waals surface area (Å²) in [4.78, 5) is 0. The van der Waals surface area contributed by atoms with Crippen LogP contribution in [0, 0.1) is 22.7 Å². The molecule has 0 aromatic rings. The maximum Gasteiger partial charge on any atom is 0.231 e. The van der Waals surface area contributed by atoms with Crippen LogP contribution in [0.5, 0.6) is 0 Å². The molecular weight excluding hydrogens is 190 g/mol. The molecule has 0 heterocycles. The highest BCUT2D eigenvalue weighted by molar-refractivity contribution is 7.89. The van der Waals surface area contributed by atoms with Gasteiger partial charge in [-0.05, 0) is 6.92 Å². The van der Waals surface area contributed by atoms with E-state index in [-0.39, 0.29) is 13.1 Å². The Morgan fingerprint density at radius 3 is 2.31 bits per heavy atom.